The quantitative estimate of drug-likeness (QED) is 0.647. The molecule has 0 amide bonds. The zero-order valence-corrected chi connectivity index (χ0v) is 8.10. The Hall–Kier alpha value is -0.340. The fourth-order valence-electron chi connectivity index (χ4n) is 1.71. The molecule has 2 unspecified atom stereocenters. The molecule has 0 aromatic heterocycles. The van der Waals surface area contributed by atoms with Crippen molar-refractivity contribution in [1.29, 1.82) is 0 Å². The summed E-state index contributed by atoms with van der Waals surface area (Å²) in [6, 6.07) is 0.359. The first-order valence-corrected chi connectivity index (χ1v) is 4.76. The summed E-state index contributed by atoms with van der Waals surface area (Å²) in [5.41, 5.74) is 1.18. The van der Waals surface area contributed by atoms with Crippen molar-refractivity contribution < 1.29 is 4.74 Å². The maximum atomic E-state index is 5.61. The van der Waals surface area contributed by atoms with Crippen LogP contribution in [0.2, 0.25) is 0 Å². The number of hydrogen-bond acceptors (Lipinski definition) is 2. The van der Waals surface area contributed by atoms with Crippen LogP contribution in [0.4, 0.5) is 0 Å². The molecule has 1 saturated heterocycles. The topological polar surface area (TPSA) is 21.3 Å². The van der Waals surface area contributed by atoms with Crippen LogP contribution in [0.25, 0.3) is 0 Å². The lowest BCUT2D eigenvalue weighted by atomic mass is 10.0. The second kappa shape index (κ2) is 4.63. The third kappa shape index (κ3) is 2.32. The molecule has 12 heavy (non-hydrogen) atoms. The van der Waals surface area contributed by atoms with Crippen molar-refractivity contribution in [3.05, 3.63) is 12.2 Å². The van der Waals surface area contributed by atoms with Gasteiger partial charge < -0.3 is 10.1 Å². The molecule has 1 fully saturated rings. The van der Waals surface area contributed by atoms with Gasteiger partial charge in [-0.05, 0) is 26.3 Å². The van der Waals surface area contributed by atoms with Crippen molar-refractivity contribution in [2.24, 2.45) is 0 Å². The molecule has 2 heteroatoms. The number of nitrogens with one attached hydrogen (secondary N) is 1. The molecule has 1 heterocycles. The molecule has 1 aliphatic heterocycles. The van der Waals surface area contributed by atoms with Gasteiger partial charge in [-0.1, -0.05) is 19.1 Å². The van der Waals surface area contributed by atoms with Crippen molar-refractivity contribution in [2.75, 3.05) is 13.2 Å². The second-order valence-electron chi connectivity index (χ2n) is 3.43. The van der Waals surface area contributed by atoms with Gasteiger partial charge in [-0.15, -0.1) is 0 Å². The van der Waals surface area contributed by atoms with E-state index in [0.717, 1.165) is 13.2 Å². The van der Waals surface area contributed by atoms with Gasteiger partial charge in [0.25, 0.3) is 0 Å². The Bertz CT molecular complexity index is 150. The third-order valence-electron chi connectivity index (χ3n) is 2.29. The lowest BCUT2D eigenvalue weighted by Gasteiger charge is -2.23. The fourth-order valence-corrected chi connectivity index (χ4v) is 1.71. The van der Waals surface area contributed by atoms with Crippen LogP contribution in [0, 0.1) is 0 Å². The van der Waals surface area contributed by atoms with Crippen LogP contribution in [-0.2, 0) is 4.74 Å². The molecule has 0 aromatic rings. The summed E-state index contributed by atoms with van der Waals surface area (Å²) in [5, 5.41) is 3.40. The lowest BCUT2D eigenvalue weighted by Crippen LogP contribution is -2.40. The standard InChI is InChI=1S/C10H19NO/c1-4-11-10(8(2)3)9-6-5-7-12-9/h9-11H,2,4-7H2,1,3H3. The molecule has 2 nitrogen and oxygen atoms in total. The highest BCUT2D eigenvalue weighted by Gasteiger charge is 2.25. The number of ether oxygens (including phenoxy) is 1. The summed E-state index contributed by atoms with van der Waals surface area (Å²) in [4.78, 5) is 0. The summed E-state index contributed by atoms with van der Waals surface area (Å²) in [6.45, 7) is 10.1. The molecule has 0 aromatic carbocycles. The molecule has 0 spiro atoms. The highest BCUT2D eigenvalue weighted by atomic mass is 16.5. The fraction of sp³-hybridized carbons (Fsp3) is 0.800. The van der Waals surface area contributed by atoms with Gasteiger partial charge in [-0.3, -0.25) is 0 Å². The maximum Gasteiger partial charge on any atom is 0.0767 e. The molecular formula is C10H19NO. The van der Waals surface area contributed by atoms with Crippen molar-refractivity contribution >= 4 is 0 Å². The minimum atomic E-state index is 0.359. The molecule has 0 aliphatic carbocycles. The van der Waals surface area contributed by atoms with E-state index in [0.29, 0.717) is 12.1 Å². The molecule has 0 bridgehead atoms. The van der Waals surface area contributed by atoms with E-state index in [1.807, 2.05) is 0 Å². The largest absolute Gasteiger partial charge is 0.376 e. The molecule has 1 aliphatic rings. The van der Waals surface area contributed by atoms with E-state index >= 15 is 0 Å². The molecule has 70 valence electrons. The first-order valence-electron chi connectivity index (χ1n) is 4.76. The van der Waals surface area contributed by atoms with Gasteiger partial charge in [0, 0.05) is 6.61 Å². The minimum Gasteiger partial charge on any atom is -0.376 e. The smallest absolute Gasteiger partial charge is 0.0767 e. The zero-order valence-electron chi connectivity index (χ0n) is 8.10. The van der Waals surface area contributed by atoms with E-state index in [9.17, 15) is 0 Å². The van der Waals surface area contributed by atoms with Crippen LogP contribution >= 0.6 is 0 Å². The Kier molecular flexibility index (Phi) is 3.76. The van der Waals surface area contributed by atoms with Gasteiger partial charge >= 0.3 is 0 Å². The average Bonchev–Trinajstić information content (AvgIpc) is 2.51. The second-order valence-corrected chi connectivity index (χ2v) is 3.43. The number of rotatable bonds is 4. The third-order valence-corrected chi connectivity index (χ3v) is 2.29. The van der Waals surface area contributed by atoms with Gasteiger partial charge in [-0.2, -0.15) is 0 Å². The summed E-state index contributed by atoms with van der Waals surface area (Å²) in [5.74, 6) is 0. The van der Waals surface area contributed by atoms with E-state index in [1.54, 1.807) is 0 Å². The molecular weight excluding hydrogens is 150 g/mol. The van der Waals surface area contributed by atoms with Gasteiger partial charge in [0.1, 0.15) is 0 Å². The summed E-state index contributed by atoms with van der Waals surface area (Å²) in [7, 11) is 0. The zero-order chi connectivity index (χ0) is 8.97. The average molecular weight is 169 g/mol. The van der Waals surface area contributed by atoms with Crippen LogP contribution in [0.15, 0.2) is 12.2 Å². The van der Waals surface area contributed by atoms with E-state index in [1.165, 1.54) is 18.4 Å². The Balaban J connectivity index is 2.45. The normalized spacial score (nSPS) is 25.7. The van der Waals surface area contributed by atoms with Crippen molar-refractivity contribution in [3.8, 4) is 0 Å². The molecule has 1 N–H and O–H groups in total. The van der Waals surface area contributed by atoms with Gasteiger partial charge in [0.2, 0.25) is 0 Å². The van der Waals surface area contributed by atoms with E-state index in [4.69, 9.17) is 4.74 Å². The van der Waals surface area contributed by atoms with Crippen LogP contribution in [0.1, 0.15) is 26.7 Å². The Labute approximate surface area is 75.0 Å². The maximum absolute atomic E-state index is 5.61. The predicted molar refractivity (Wildman–Crippen MR) is 51.3 cm³/mol. The Morgan fingerprint density at radius 1 is 1.75 bits per heavy atom. The van der Waals surface area contributed by atoms with Crippen molar-refractivity contribution in [3.63, 3.8) is 0 Å². The number of hydrogen-bond donors (Lipinski definition) is 1. The predicted octanol–water partition coefficient (Wildman–Crippen LogP) is 1.72. The first kappa shape index (κ1) is 9.75. The van der Waals surface area contributed by atoms with Crippen LogP contribution < -0.4 is 5.32 Å². The molecule has 0 saturated carbocycles. The number of likely N-dealkylation sites (N-methyl/N-ethyl adjacent to an activating group) is 1. The first-order chi connectivity index (χ1) is 5.75. The van der Waals surface area contributed by atoms with Crippen LogP contribution in [0.3, 0.4) is 0 Å². The van der Waals surface area contributed by atoms with Crippen molar-refractivity contribution in [2.45, 2.75) is 38.8 Å². The monoisotopic (exact) mass is 169 g/mol. The molecule has 0 radical (unpaired) electrons. The van der Waals surface area contributed by atoms with Gasteiger partial charge in [0.05, 0.1) is 12.1 Å². The molecule has 1 rings (SSSR count). The van der Waals surface area contributed by atoms with Crippen molar-refractivity contribution in [1.82, 2.24) is 5.32 Å². The van der Waals surface area contributed by atoms with Crippen LogP contribution in [-0.4, -0.2) is 25.3 Å². The highest BCUT2D eigenvalue weighted by Crippen LogP contribution is 2.19. The van der Waals surface area contributed by atoms with Gasteiger partial charge in [0.15, 0.2) is 0 Å². The molecule has 2 atom stereocenters. The Morgan fingerprint density at radius 2 is 2.50 bits per heavy atom. The lowest BCUT2D eigenvalue weighted by molar-refractivity contribution is 0.0891. The van der Waals surface area contributed by atoms with E-state index in [-0.39, 0.29) is 0 Å². The summed E-state index contributed by atoms with van der Waals surface area (Å²) in [6.07, 6.45) is 2.73. The highest BCUT2D eigenvalue weighted by molar-refractivity contribution is 5.06. The van der Waals surface area contributed by atoms with E-state index < -0.39 is 0 Å². The summed E-state index contributed by atoms with van der Waals surface area (Å²) < 4.78 is 5.61. The Morgan fingerprint density at radius 3 is 2.92 bits per heavy atom. The summed E-state index contributed by atoms with van der Waals surface area (Å²) >= 11 is 0. The van der Waals surface area contributed by atoms with Crippen LogP contribution in [0.5, 0.6) is 0 Å². The van der Waals surface area contributed by atoms with E-state index in [2.05, 4.69) is 25.7 Å². The van der Waals surface area contributed by atoms with Gasteiger partial charge in [-0.25, -0.2) is 0 Å². The SMILES string of the molecule is C=C(C)C(NCC)C1CCCO1. The minimum absolute atomic E-state index is 0.359.